The van der Waals surface area contributed by atoms with Gasteiger partial charge in [0.05, 0.1) is 5.69 Å². The molecule has 1 atom stereocenters. The first-order valence-electron chi connectivity index (χ1n) is 4.90. The first-order valence-corrected chi connectivity index (χ1v) is 4.90. The summed E-state index contributed by atoms with van der Waals surface area (Å²) in [5, 5.41) is 14.2. The second-order valence-electron chi connectivity index (χ2n) is 3.75. The van der Waals surface area contributed by atoms with Crippen molar-refractivity contribution in [2.45, 2.75) is 33.3 Å². The number of aryl methyl sites for hydroxylation is 2. The van der Waals surface area contributed by atoms with Crippen LogP contribution in [0.4, 0.5) is 0 Å². The number of allylic oxidation sites excluding steroid dienone is 1. The van der Waals surface area contributed by atoms with Crippen LogP contribution in [0.15, 0.2) is 17.8 Å². The minimum absolute atomic E-state index is 0.524. The lowest BCUT2D eigenvalue weighted by Crippen LogP contribution is -1.96. The van der Waals surface area contributed by atoms with Crippen molar-refractivity contribution in [3.8, 4) is 0 Å². The molecule has 1 N–H and O–H groups in total. The second-order valence-corrected chi connectivity index (χ2v) is 3.75. The number of nitrogens with zero attached hydrogens (tertiary/aromatic N) is 2. The van der Waals surface area contributed by atoms with Crippen LogP contribution in [0.1, 0.15) is 38.1 Å². The Morgan fingerprint density at radius 3 is 2.79 bits per heavy atom. The van der Waals surface area contributed by atoms with Gasteiger partial charge in [-0.3, -0.25) is 4.68 Å². The molecular formula is C11H18N2O. The molecule has 0 aliphatic heterocycles. The SMILES string of the molecule is CCc1nn(C)cc1C(O)C=C(C)C. The molecule has 0 spiro atoms. The quantitative estimate of drug-likeness (QED) is 0.747. The van der Waals surface area contributed by atoms with E-state index in [1.807, 2.05) is 40.1 Å². The van der Waals surface area contributed by atoms with E-state index in [1.165, 1.54) is 0 Å². The molecule has 14 heavy (non-hydrogen) atoms. The van der Waals surface area contributed by atoms with Gasteiger partial charge in [-0.15, -0.1) is 0 Å². The summed E-state index contributed by atoms with van der Waals surface area (Å²) in [5.74, 6) is 0. The van der Waals surface area contributed by atoms with Crippen molar-refractivity contribution < 1.29 is 5.11 Å². The van der Waals surface area contributed by atoms with E-state index in [1.54, 1.807) is 4.68 Å². The van der Waals surface area contributed by atoms with Crippen molar-refractivity contribution in [1.82, 2.24) is 9.78 Å². The number of aromatic nitrogens is 2. The van der Waals surface area contributed by atoms with Crippen LogP contribution < -0.4 is 0 Å². The van der Waals surface area contributed by atoms with Crippen LogP contribution >= 0.6 is 0 Å². The Bertz CT molecular complexity index is 335. The molecule has 3 nitrogen and oxygen atoms in total. The number of aliphatic hydroxyl groups is 1. The van der Waals surface area contributed by atoms with E-state index < -0.39 is 6.10 Å². The molecule has 0 aliphatic carbocycles. The Morgan fingerprint density at radius 2 is 2.29 bits per heavy atom. The van der Waals surface area contributed by atoms with Crippen LogP contribution in [0.2, 0.25) is 0 Å². The summed E-state index contributed by atoms with van der Waals surface area (Å²) in [6.45, 7) is 6.00. The highest BCUT2D eigenvalue weighted by Crippen LogP contribution is 2.19. The van der Waals surface area contributed by atoms with Gasteiger partial charge >= 0.3 is 0 Å². The Hall–Kier alpha value is -1.09. The monoisotopic (exact) mass is 194 g/mol. The lowest BCUT2D eigenvalue weighted by molar-refractivity contribution is 0.226. The molecule has 0 aliphatic rings. The Balaban J connectivity index is 2.99. The molecule has 78 valence electrons. The first kappa shape index (κ1) is 11.0. The van der Waals surface area contributed by atoms with Crippen LogP contribution in [-0.4, -0.2) is 14.9 Å². The number of hydrogen-bond donors (Lipinski definition) is 1. The van der Waals surface area contributed by atoms with Crippen molar-refractivity contribution in [3.63, 3.8) is 0 Å². The third kappa shape index (κ3) is 2.45. The molecule has 3 heteroatoms. The van der Waals surface area contributed by atoms with E-state index in [-0.39, 0.29) is 0 Å². The van der Waals surface area contributed by atoms with E-state index in [4.69, 9.17) is 0 Å². The summed E-state index contributed by atoms with van der Waals surface area (Å²) in [4.78, 5) is 0. The first-order chi connectivity index (χ1) is 6.54. The topological polar surface area (TPSA) is 38.0 Å². The Morgan fingerprint density at radius 1 is 1.64 bits per heavy atom. The van der Waals surface area contributed by atoms with E-state index in [0.29, 0.717) is 0 Å². The Labute approximate surface area is 85.1 Å². The minimum Gasteiger partial charge on any atom is -0.384 e. The van der Waals surface area contributed by atoms with Crippen molar-refractivity contribution in [3.05, 3.63) is 29.1 Å². The fraction of sp³-hybridized carbons (Fsp3) is 0.545. The molecule has 1 heterocycles. The largest absolute Gasteiger partial charge is 0.384 e. The summed E-state index contributed by atoms with van der Waals surface area (Å²) in [6, 6.07) is 0. The Kier molecular flexibility index (Phi) is 3.47. The van der Waals surface area contributed by atoms with E-state index in [9.17, 15) is 5.11 Å². The van der Waals surface area contributed by atoms with E-state index >= 15 is 0 Å². The highest BCUT2D eigenvalue weighted by atomic mass is 16.3. The molecule has 0 radical (unpaired) electrons. The number of hydrogen-bond acceptors (Lipinski definition) is 2. The number of aliphatic hydroxyl groups excluding tert-OH is 1. The minimum atomic E-state index is -0.524. The average molecular weight is 194 g/mol. The molecular weight excluding hydrogens is 176 g/mol. The third-order valence-electron chi connectivity index (χ3n) is 2.08. The van der Waals surface area contributed by atoms with Gasteiger partial charge in [0.2, 0.25) is 0 Å². The third-order valence-corrected chi connectivity index (χ3v) is 2.08. The summed E-state index contributed by atoms with van der Waals surface area (Å²) in [6.07, 6.45) is 4.05. The van der Waals surface area contributed by atoms with Gasteiger partial charge in [-0.2, -0.15) is 5.10 Å². The molecule has 1 unspecified atom stereocenters. The predicted molar refractivity (Wildman–Crippen MR) is 57.0 cm³/mol. The molecule has 0 fully saturated rings. The van der Waals surface area contributed by atoms with Gasteiger partial charge in [-0.05, 0) is 20.3 Å². The molecule has 0 aromatic carbocycles. The summed E-state index contributed by atoms with van der Waals surface area (Å²) < 4.78 is 1.75. The average Bonchev–Trinajstić information content (AvgIpc) is 2.45. The lowest BCUT2D eigenvalue weighted by atomic mass is 10.1. The van der Waals surface area contributed by atoms with Crippen LogP contribution in [0.25, 0.3) is 0 Å². The molecule has 0 amide bonds. The standard InChI is InChI=1S/C11H18N2O/c1-5-10-9(7-13(4)12-10)11(14)6-8(2)3/h6-7,11,14H,5H2,1-4H3. The van der Waals surface area contributed by atoms with Crippen molar-refractivity contribution in [2.24, 2.45) is 7.05 Å². The normalized spacial score (nSPS) is 12.6. The maximum Gasteiger partial charge on any atom is 0.101 e. The molecule has 0 saturated carbocycles. The lowest BCUT2D eigenvalue weighted by Gasteiger charge is -2.05. The van der Waals surface area contributed by atoms with Gasteiger partial charge in [-0.1, -0.05) is 18.6 Å². The summed E-state index contributed by atoms with van der Waals surface area (Å²) >= 11 is 0. The molecule has 1 aromatic rings. The van der Waals surface area contributed by atoms with Gasteiger partial charge in [0.15, 0.2) is 0 Å². The van der Waals surface area contributed by atoms with Crippen molar-refractivity contribution in [1.29, 1.82) is 0 Å². The predicted octanol–water partition coefficient (Wildman–Crippen LogP) is 1.98. The van der Waals surface area contributed by atoms with Gasteiger partial charge in [0.1, 0.15) is 6.10 Å². The highest BCUT2D eigenvalue weighted by Gasteiger charge is 2.12. The zero-order valence-electron chi connectivity index (χ0n) is 9.28. The molecule has 0 bridgehead atoms. The van der Waals surface area contributed by atoms with Gasteiger partial charge in [-0.25, -0.2) is 0 Å². The van der Waals surface area contributed by atoms with Gasteiger partial charge in [0.25, 0.3) is 0 Å². The maximum atomic E-state index is 9.89. The van der Waals surface area contributed by atoms with Crippen molar-refractivity contribution >= 4 is 0 Å². The molecule has 1 rings (SSSR count). The zero-order chi connectivity index (χ0) is 10.7. The second kappa shape index (κ2) is 4.42. The van der Waals surface area contributed by atoms with Gasteiger partial charge < -0.3 is 5.11 Å². The van der Waals surface area contributed by atoms with E-state index in [2.05, 4.69) is 5.10 Å². The zero-order valence-corrected chi connectivity index (χ0v) is 9.28. The van der Waals surface area contributed by atoms with Gasteiger partial charge in [0, 0.05) is 18.8 Å². The fourth-order valence-electron chi connectivity index (χ4n) is 1.48. The van der Waals surface area contributed by atoms with Crippen molar-refractivity contribution in [2.75, 3.05) is 0 Å². The molecule has 0 saturated heterocycles. The van der Waals surface area contributed by atoms with Crippen LogP contribution in [0.5, 0.6) is 0 Å². The summed E-state index contributed by atoms with van der Waals surface area (Å²) in [7, 11) is 1.87. The van der Waals surface area contributed by atoms with E-state index in [0.717, 1.165) is 23.3 Å². The highest BCUT2D eigenvalue weighted by molar-refractivity contribution is 5.24. The molecule has 1 aromatic heterocycles. The fourth-order valence-corrected chi connectivity index (χ4v) is 1.48. The smallest absolute Gasteiger partial charge is 0.101 e. The van der Waals surface area contributed by atoms with Crippen LogP contribution in [0.3, 0.4) is 0 Å². The number of rotatable bonds is 3. The van der Waals surface area contributed by atoms with Crippen LogP contribution in [0, 0.1) is 0 Å². The summed E-state index contributed by atoms with van der Waals surface area (Å²) in [5.41, 5.74) is 3.00. The maximum absolute atomic E-state index is 9.89. The van der Waals surface area contributed by atoms with Crippen LogP contribution in [-0.2, 0) is 13.5 Å².